The minimum absolute atomic E-state index is 0.205. The van der Waals surface area contributed by atoms with E-state index in [1.54, 1.807) is 9.36 Å². The quantitative estimate of drug-likeness (QED) is 0.545. The molecular weight excluding hydrogens is 302 g/mol. The lowest BCUT2D eigenvalue weighted by Crippen LogP contribution is -2.29. The Labute approximate surface area is 133 Å². The smallest absolute Gasteiger partial charge is 0.347 e. The summed E-state index contributed by atoms with van der Waals surface area (Å²) in [6.07, 6.45) is 4.07. The number of hydrogen-bond donors (Lipinski definition) is 0. The molecule has 1 aromatic rings. The van der Waals surface area contributed by atoms with E-state index in [1.807, 2.05) is 0 Å². The molecule has 0 radical (unpaired) electrons. The fourth-order valence-electron chi connectivity index (χ4n) is 2.90. The summed E-state index contributed by atoms with van der Waals surface area (Å²) in [6.45, 7) is 3.85. The molecule has 0 aromatic carbocycles. The van der Waals surface area contributed by atoms with Crippen LogP contribution in [0.15, 0.2) is 9.59 Å². The Kier molecular flexibility index (Phi) is 4.13. The van der Waals surface area contributed by atoms with Crippen LogP contribution in [0.4, 0.5) is 0 Å². The molecule has 1 aromatic heterocycles. The van der Waals surface area contributed by atoms with Crippen LogP contribution in [0.1, 0.15) is 25.7 Å². The number of ether oxygens (including phenoxy) is 3. The first-order valence-electron chi connectivity index (χ1n) is 8.47. The second-order valence-corrected chi connectivity index (χ2v) is 6.55. The first-order valence-corrected chi connectivity index (χ1v) is 8.47. The van der Waals surface area contributed by atoms with Crippen molar-refractivity contribution in [1.29, 1.82) is 0 Å². The maximum atomic E-state index is 12.6. The van der Waals surface area contributed by atoms with Crippen LogP contribution in [0, 0.1) is 0 Å². The van der Waals surface area contributed by atoms with Gasteiger partial charge < -0.3 is 14.2 Å². The van der Waals surface area contributed by atoms with Crippen LogP contribution in [-0.4, -0.2) is 52.1 Å². The zero-order chi connectivity index (χ0) is 15.8. The average Bonchev–Trinajstić information content (AvgIpc) is 3.38. The van der Waals surface area contributed by atoms with Crippen LogP contribution in [-0.2, 0) is 33.8 Å². The highest BCUT2D eigenvalue weighted by Crippen LogP contribution is 2.16. The van der Waals surface area contributed by atoms with E-state index in [9.17, 15) is 9.59 Å². The molecule has 4 rings (SSSR count). The van der Waals surface area contributed by atoms with Gasteiger partial charge in [0.2, 0.25) is 0 Å². The van der Waals surface area contributed by atoms with E-state index in [0.717, 1.165) is 45.5 Å². The number of hydrogen-bond acceptors (Lipinski definition) is 5. The van der Waals surface area contributed by atoms with Gasteiger partial charge in [-0.1, -0.05) is 0 Å². The molecule has 23 heavy (non-hydrogen) atoms. The molecule has 0 amide bonds. The van der Waals surface area contributed by atoms with Crippen molar-refractivity contribution in [2.45, 2.75) is 63.6 Å². The van der Waals surface area contributed by atoms with Gasteiger partial charge in [-0.2, -0.15) is 0 Å². The second kappa shape index (κ2) is 6.26. The first kappa shape index (κ1) is 15.2. The largest absolute Gasteiger partial charge is 0.373 e. The van der Waals surface area contributed by atoms with Crippen LogP contribution in [0.2, 0.25) is 0 Å². The predicted molar refractivity (Wildman–Crippen MR) is 80.6 cm³/mol. The monoisotopic (exact) mass is 325 g/mol. The van der Waals surface area contributed by atoms with Crippen molar-refractivity contribution in [2.75, 3.05) is 19.8 Å². The summed E-state index contributed by atoms with van der Waals surface area (Å²) in [4.78, 5) is 25.2. The molecule has 0 aliphatic carbocycles. The van der Waals surface area contributed by atoms with Crippen molar-refractivity contribution < 1.29 is 14.2 Å². The van der Waals surface area contributed by atoms with Gasteiger partial charge in [0.15, 0.2) is 0 Å². The summed E-state index contributed by atoms with van der Waals surface area (Å²) in [5, 5.41) is 0. The molecule has 3 atom stereocenters. The van der Waals surface area contributed by atoms with Crippen molar-refractivity contribution in [1.82, 2.24) is 13.9 Å². The summed E-state index contributed by atoms with van der Waals surface area (Å²) in [5.74, 6) is 0. The maximum absolute atomic E-state index is 12.6. The van der Waals surface area contributed by atoms with Crippen molar-refractivity contribution in [3.8, 4) is 0 Å². The van der Waals surface area contributed by atoms with Crippen molar-refractivity contribution >= 4 is 0 Å². The zero-order valence-electron chi connectivity index (χ0n) is 13.2. The fraction of sp³-hybridized carbons (Fsp3) is 0.867. The van der Waals surface area contributed by atoms with Crippen LogP contribution >= 0.6 is 0 Å². The van der Waals surface area contributed by atoms with Crippen molar-refractivity contribution in [3.63, 3.8) is 0 Å². The highest BCUT2D eigenvalue weighted by molar-refractivity contribution is 4.79. The van der Waals surface area contributed by atoms with Gasteiger partial charge in [-0.25, -0.2) is 23.5 Å². The highest BCUT2D eigenvalue weighted by atomic mass is 16.6. The lowest BCUT2D eigenvalue weighted by molar-refractivity contribution is 0.337. The standard InChI is InChI=1S/C15H23N3O5/c19-14-16(5-1-2-11-8-21-11)15(20)18(7-4-13-10-23-13)17(14)6-3-12-9-22-12/h11-13H,1-10H2. The minimum atomic E-state index is -0.205. The van der Waals surface area contributed by atoms with Gasteiger partial charge in [-0.15, -0.1) is 0 Å². The fourth-order valence-corrected chi connectivity index (χ4v) is 2.90. The summed E-state index contributed by atoms with van der Waals surface area (Å²) < 4.78 is 20.1. The lowest BCUT2D eigenvalue weighted by atomic mass is 10.2. The molecule has 0 N–H and O–H groups in total. The molecule has 3 aliphatic rings. The molecule has 3 unspecified atom stereocenters. The third-order valence-corrected chi connectivity index (χ3v) is 4.64. The van der Waals surface area contributed by atoms with Crippen molar-refractivity contribution in [2.24, 2.45) is 0 Å². The molecular formula is C15H23N3O5. The molecule has 0 spiro atoms. The van der Waals surface area contributed by atoms with E-state index in [0.29, 0.717) is 25.7 Å². The van der Waals surface area contributed by atoms with Gasteiger partial charge in [-0.3, -0.25) is 0 Å². The van der Waals surface area contributed by atoms with Crippen LogP contribution in [0.25, 0.3) is 0 Å². The molecule has 0 saturated carbocycles. The van der Waals surface area contributed by atoms with Gasteiger partial charge in [0.1, 0.15) is 0 Å². The lowest BCUT2D eigenvalue weighted by Gasteiger charge is -2.07. The van der Waals surface area contributed by atoms with Gasteiger partial charge in [0.25, 0.3) is 0 Å². The maximum Gasteiger partial charge on any atom is 0.347 e. The number of aromatic nitrogens is 3. The summed E-state index contributed by atoms with van der Waals surface area (Å²) in [6, 6.07) is 0. The van der Waals surface area contributed by atoms with E-state index < -0.39 is 0 Å². The van der Waals surface area contributed by atoms with E-state index in [1.165, 1.54) is 4.57 Å². The molecule has 3 saturated heterocycles. The highest BCUT2D eigenvalue weighted by Gasteiger charge is 2.27. The normalized spacial score (nSPS) is 28.1. The average molecular weight is 325 g/mol. The molecule has 0 bridgehead atoms. The third-order valence-electron chi connectivity index (χ3n) is 4.64. The Morgan fingerprint density at radius 2 is 1.17 bits per heavy atom. The molecule has 8 heteroatoms. The topological polar surface area (TPSA) is 86.5 Å². The molecule has 128 valence electrons. The van der Waals surface area contributed by atoms with Crippen LogP contribution in [0.3, 0.4) is 0 Å². The Morgan fingerprint density at radius 1 is 0.739 bits per heavy atom. The predicted octanol–water partition coefficient (Wildman–Crippen LogP) is -0.432. The van der Waals surface area contributed by atoms with E-state index in [4.69, 9.17) is 14.2 Å². The van der Waals surface area contributed by atoms with Gasteiger partial charge in [-0.05, 0) is 25.7 Å². The summed E-state index contributed by atoms with van der Waals surface area (Å²) in [7, 11) is 0. The number of rotatable bonds is 10. The zero-order valence-corrected chi connectivity index (χ0v) is 13.2. The van der Waals surface area contributed by atoms with E-state index >= 15 is 0 Å². The SMILES string of the molecule is O=c1n(CCCC2CO2)c(=O)n(CCC2CO2)n1CCC1CO1. The number of epoxide rings is 3. The second-order valence-electron chi connectivity index (χ2n) is 6.55. The first-order chi connectivity index (χ1) is 11.2. The van der Waals surface area contributed by atoms with Gasteiger partial charge in [0.05, 0.1) is 38.1 Å². The van der Waals surface area contributed by atoms with Crippen LogP contribution in [0.5, 0.6) is 0 Å². The summed E-state index contributed by atoms with van der Waals surface area (Å²) in [5.41, 5.74) is -0.409. The molecule has 3 aliphatic heterocycles. The van der Waals surface area contributed by atoms with Crippen LogP contribution < -0.4 is 11.4 Å². The summed E-state index contributed by atoms with van der Waals surface area (Å²) >= 11 is 0. The Hall–Kier alpha value is -1.38. The van der Waals surface area contributed by atoms with Gasteiger partial charge in [0, 0.05) is 19.6 Å². The molecule has 8 nitrogen and oxygen atoms in total. The molecule has 3 fully saturated rings. The van der Waals surface area contributed by atoms with E-state index in [2.05, 4.69) is 0 Å². The Morgan fingerprint density at radius 3 is 1.61 bits per heavy atom. The number of nitrogens with zero attached hydrogens (tertiary/aromatic N) is 3. The molecule has 4 heterocycles. The Balaban J connectivity index is 1.49. The third kappa shape index (κ3) is 3.76. The van der Waals surface area contributed by atoms with Gasteiger partial charge >= 0.3 is 11.4 Å². The minimum Gasteiger partial charge on any atom is -0.373 e. The van der Waals surface area contributed by atoms with E-state index in [-0.39, 0.29) is 23.6 Å². The Bertz CT molecular complexity index is 616. The van der Waals surface area contributed by atoms with Crippen molar-refractivity contribution in [3.05, 3.63) is 21.0 Å².